The van der Waals surface area contributed by atoms with Crippen molar-refractivity contribution in [2.24, 2.45) is 0 Å². The lowest BCUT2D eigenvalue weighted by atomic mass is 10.3. The van der Waals surface area contributed by atoms with Gasteiger partial charge in [-0.25, -0.2) is 9.97 Å². The van der Waals surface area contributed by atoms with E-state index in [4.69, 9.17) is 11.6 Å². The highest BCUT2D eigenvalue weighted by atomic mass is 35.5. The van der Waals surface area contributed by atoms with Crippen LogP contribution in [0, 0.1) is 0 Å². The molecule has 0 saturated carbocycles. The number of hydrogen-bond acceptors (Lipinski definition) is 4. The van der Waals surface area contributed by atoms with Gasteiger partial charge in [-0.05, 0) is 12.1 Å². The van der Waals surface area contributed by atoms with Gasteiger partial charge in [0.05, 0.1) is 14.9 Å². The van der Waals surface area contributed by atoms with Gasteiger partial charge in [0.25, 0.3) is 0 Å². The predicted molar refractivity (Wildman–Crippen MR) is 69.3 cm³/mol. The zero-order chi connectivity index (χ0) is 11.5. The highest BCUT2D eigenvalue weighted by Gasteiger charge is 2.07. The lowest BCUT2D eigenvalue weighted by Crippen LogP contribution is -2.00. The second-order valence-corrected chi connectivity index (χ2v) is 4.98. The van der Waals surface area contributed by atoms with Crippen molar-refractivity contribution in [3.8, 4) is 10.6 Å². The lowest BCUT2D eigenvalue weighted by molar-refractivity contribution is 0.946. The van der Waals surface area contributed by atoms with Gasteiger partial charge in [0.15, 0.2) is 0 Å². The highest BCUT2D eigenvalue weighted by Crippen LogP contribution is 2.30. The molecule has 3 nitrogen and oxygen atoms in total. The van der Waals surface area contributed by atoms with Crippen LogP contribution in [0.15, 0.2) is 18.2 Å². The smallest absolute Gasteiger partial charge is 0.131 e. The zero-order valence-electron chi connectivity index (χ0n) is 9.12. The Morgan fingerprint density at radius 1 is 1.38 bits per heavy atom. The van der Waals surface area contributed by atoms with Crippen molar-refractivity contribution in [2.75, 3.05) is 12.4 Å². The first-order chi connectivity index (χ1) is 7.72. The van der Waals surface area contributed by atoms with E-state index < -0.39 is 0 Å². The van der Waals surface area contributed by atoms with Crippen molar-refractivity contribution in [3.63, 3.8) is 0 Å². The van der Waals surface area contributed by atoms with E-state index in [1.165, 1.54) is 11.3 Å². The molecule has 0 aliphatic rings. The van der Waals surface area contributed by atoms with Gasteiger partial charge in [-0.1, -0.05) is 18.5 Å². The first kappa shape index (κ1) is 11.4. The maximum atomic E-state index is 5.92. The fourth-order valence-electron chi connectivity index (χ4n) is 1.36. The topological polar surface area (TPSA) is 37.8 Å². The van der Waals surface area contributed by atoms with Gasteiger partial charge in [-0.3, -0.25) is 0 Å². The maximum Gasteiger partial charge on any atom is 0.131 e. The molecule has 0 aliphatic heterocycles. The Balaban J connectivity index is 2.47. The van der Waals surface area contributed by atoms with Gasteiger partial charge in [-0.15, -0.1) is 11.3 Å². The summed E-state index contributed by atoms with van der Waals surface area (Å²) >= 11 is 7.44. The van der Waals surface area contributed by atoms with E-state index in [0.717, 1.165) is 33.0 Å². The highest BCUT2D eigenvalue weighted by molar-refractivity contribution is 7.19. The Kier molecular flexibility index (Phi) is 3.41. The number of nitrogens with one attached hydrogen (secondary N) is 1. The summed E-state index contributed by atoms with van der Waals surface area (Å²) in [5.41, 5.74) is 0.924. The number of hydrogen-bond donors (Lipinski definition) is 1. The molecule has 0 aromatic carbocycles. The predicted octanol–water partition coefficient (Wildman–Crippen LogP) is 3.46. The number of anilines is 1. The fourth-order valence-corrected chi connectivity index (χ4v) is 2.37. The number of aryl methyl sites for hydroxylation is 1. The van der Waals surface area contributed by atoms with E-state index in [2.05, 4.69) is 15.3 Å². The summed E-state index contributed by atoms with van der Waals surface area (Å²) in [6.45, 7) is 2.04. The van der Waals surface area contributed by atoms with Crippen LogP contribution in [0.5, 0.6) is 0 Å². The standard InChI is InChI=1S/C11H12ClN3S/c1-3-10-14-7(6-11(13-2)15-10)8-4-5-9(12)16-8/h4-6H,3H2,1-2H3,(H,13,14,15). The van der Waals surface area contributed by atoms with Crippen molar-refractivity contribution in [1.29, 1.82) is 0 Å². The number of aromatic nitrogens is 2. The van der Waals surface area contributed by atoms with Gasteiger partial charge < -0.3 is 5.32 Å². The van der Waals surface area contributed by atoms with Gasteiger partial charge >= 0.3 is 0 Å². The molecule has 0 amide bonds. The quantitative estimate of drug-likeness (QED) is 0.910. The zero-order valence-corrected chi connectivity index (χ0v) is 10.7. The molecule has 0 unspecified atom stereocenters. The SMILES string of the molecule is CCc1nc(NC)cc(-c2ccc(Cl)s2)n1. The first-order valence-electron chi connectivity index (χ1n) is 5.04. The molecule has 0 fully saturated rings. The monoisotopic (exact) mass is 253 g/mol. The Morgan fingerprint density at radius 2 is 2.19 bits per heavy atom. The van der Waals surface area contributed by atoms with Gasteiger partial charge in [0.2, 0.25) is 0 Å². The molecule has 0 spiro atoms. The Bertz CT molecular complexity index is 473. The molecule has 1 N–H and O–H groups in total. The third kappa shape index (κ3) is 2.33. The number of halogens is 1. The van der Waals surface area contributed by atoms with Gasteiger partial charge in [0.1, 0.15) is 11.6 Å². The second-order valence-electron chi connectivity index (χ2n) is 3.26. The Hall–Kier alpha value is -1.13. The minimum Gasteiger partial charge on any atom is -0.373 e. The normalized spacial score (nSPS) is 10.4. The molecule has 0 atom stereocenters. The van der Waals surface area contributed by atoms with Gasteiger partial charge in [-0.2, -0.15) is 0 Å². The van der Waals surface area contributed by atoms with Crippen LogP contribution in [0.1, 0.15) is 12.7 Å². The van der Waals surface area contributed by atoms with E-state index in [1.54, 1.807) is 0 Å². The summed E-state index contributed by atoms with van der Waals surface area (Å²) in [5.74, 6) is 1.68. The van der Waals surface area contributed by atoms with Crippen LogP contribution in [-0.4, -0.2) is 17.0 Å². The van der Waals surface area contributed by atoms with E-state index in [-0.39, 0.29) is 0 Å². The fraction of sp³-hybridized carbons (Fsp3) is 0.273. The lowest BCUT2D eigenvalue weighted by Gasteiger charge is -2.04. The maximum absolute atomic E-state index is 5.92. The summed E-state index contributed by atoms with van der Waals surface area (Å²) in [6, 6.07) is 5.80. The molecule has 0 saturated heterocycles. The molecular formula is C11H12ClN3S. The third-order valence-electron chi connectivity index (χ3n) is 2.17. The average Bonchev–Trinajstić information content (AvgIpc) is 2.75. The van der Waals surface area contributed by atoms with Crippen molar-refractivity contribution in [1.82, 2.24) is 9.97 Å². The molecule has 0 bridgehead atoms. The van der Waals surface area contributed by atoms with E-state index in [0.29, 0.717) is 0 Å². The van der Waals surface area contributed by atoms with Crippen molar-refractivity contribution < 1.29 is 0 Å². The summed E-state index contributed by atoms with van der Waals surface area (Å²) in [6.07, 6.45) is 0.821. The van der Waals surface area contributed by atoms with Crippen molar-refractivity contribution >= 4 is 28.8 Å². The number of thiophene rings is 1. The Morgan fingerprint density at radius 3 is 2.75 bits per heavy atom. The van der Waals surface area contributed by atoms with Crippen molar-refractivity contribution in [3.05, 3.63) is 28.4 Å². The minimum absolute atomic E-state index is 0.776. The van der Waals surface area contributed by atoms with Crippen molar-refractivity contribution in [2.45, 2.75) is 13.3 Å². The molecule has 2 heterocycles. The van der Waals surface area contributed by atoms with Crippen LogP contribution in [0.3, 0.4) is 0 Å². The molecule has 16 heavy (non-hydrogen) atoms. The summed E-state index contributed by atoms with van der Waals surface area (Å²) in [5, 5.41) is 3.04. The molecule has 2 aromatic heterocycles. The van der Waals surface area contributed by atoms with Crippen LogP contribution in [0.4, 0.5) is 5.82 Å². The summed E-state index contributed by atoms with van der Waals surface area (Å²) < 4.78 is 0.776. The largest absolute Gasteiger partial charge is 0.373 e. The van der Waals surface area contributed by atoms with Gasteiger partial charge in [0, 0.05) is 19.5 Å². The molecule has 0 aliphatic carbocycles. The molecular weight excluding hydrogens is 242 g/mol. The summed E-state index contributed by atoms with van der Waals surface area (Å²) in [7, 11) is 1.85. The van der Waals surface area contributed by atoms with Crippen LogP contribution >= 0.6 is 22.9 Å². The minimum atomic E-state index is 0.776. The number of nitrogens with zero attached hydrogens (tertiary/aromatic N) is 2. The molecule has 2 aromatic rings. The summed E-state index contributed by atoms with van der Waals surface area (Å²) in [4.78, 5) is 9.90. The average molecular weight is 254 g/mol. The molecule has 5 heteroatoms. The van der Waals surface area contributed by atoms with Crippen LogP contribution in [0.2, 0.25) is 4.34 Å². The first-order valence-corrected chi connectivity index (χ1v) is 6.23. The number of rotatable bonds is 3. The second kappa shape index (κ2) is 4.80. The van der Waals surface area contributed by atoms with E-state index in [1.807, 2.05) is 32.2 Å². The van der Waals surface area contributed by atoms with E-state index in [9.17, 15) is 0 Å². The van der Waals surface area contributed by atoms with E-state index >= 15 is 0 Å². The van der Waals surface area contributed by atoms with Crippen LogP contribution in [-0.2, 0) is 6.42 Å². The molecule has 84 valence electrons. The third-order valence-corrected chi connectivity index (χ3v) is 3.42. The molecule has 0 radical (unpaired) electrons. The van der Waals surface area contributed by atoms with Crippen LogP contribution < -0.4 is 5.32 Å². The Labute approximate surface area is 104 Å². The molecule has 2 rings (SSSR count). The van der Waals surface area contributed by atoms with Crippen LogP contribution in [0.25, 0.3) is 10.6 Å².